The maximum atomic E-state index is 14.6. The summed E-state index contributed by atoms with van der Waals surface area (Å²) in [6, 6.07) is 11.6. The van der Waals surface area contributed by atoms with E-state index in [1.807, 2.05) is 12.1 Å². The summed E-state index contributed by atoms with van der Waals surface area (Å²) in [4.78, 5) is 41.0. The lowest BCUT2D eigenvalue weighted by atomic mass is 10.0. The van der Waals surface area contributed by atoms with Gasteiger partial charge in [0.2, 0.25) is 0 Å². The highest BCUT2D eigenvalue weighted by Crippen LogP contribution is 2.21. The van der Waals surface area contributed by atoms with E-state index in [1.54, 1.807) is 34.1 Å². The molecule has 2 aliphatic rings. The van der Waals surface area contributed by atoms with Crippen LogP contribution in [0.1, 0.15) is 34.5 Å². The molecule has 5 rings (SSSR count). The first kappa shape index (κ1) is 22.2. The number of ether oxygens (including phenoxy) is 1. The number of hydrogen-bond acceptors (Lipinski definition) is 5. The minimum Gasteiger partial charge on any atom is -0.368 e. The van der Waals surface area contributed by atoms with Crippen LogP contribution in [0.25, 0.3) is 10.8 Å². The summed E-state index contributed by atoms with van der Waals surface area (Å²) in [6.45, 7) is 2.09. The number of fused-ring (bicyclic) bond motifs is 1. The van der Waals surface area contributed by atoms with Gasteiger partial charge < -0.3 is 14.5 Å². The third-order valence-electron chi connectivity index (χ3n) is 6.49. The van der Waals surface area contributed by atoms with E-state index < -0.39 is 11.7 Å². The Kier molecular flexibility index (Phi) is 6.10. The standard InChI is InChI=1S/C25H25FN4O4/c26-20-8-7-16(15-21-17-4-1-2-5-18(17)23(31)28-27-21)14-19(20)24(32)29-9-11-30(12-10-29)25(33)22-6-3-13-34-22/h1-2,4-5,7-8,14,22H,3,6,9-13,15H2,(H,28,31). The minimum atomic E-state index is -0.592. The molecule has 3 aromatic rings. The van der Waals surface area contributed by atoms with E-state index in [9.17, 15) is 18.8 Å². The predicted molar refractivity (Wildman–Crippen MR) is 123 cm³/mol. The molecule has 0 bridgehead atoms. The number of aromatic amines is 1. The first-order valence-corrected chi connectivity index (χ1v) is 11.5. The van der Waals surface area contributed by atoms with Crippen molar-refractivity contribution >= 4 is 22.6 Å². The number of carbonyl (C=O) groups excluding carboxylic acids is 2. The Morgan fingerprint density at radius 2 is 1.79 bits per heavy atom. The van der Waals surface area contributed by atoms with Gasteiger partial charge in [0.05, 0.1) is 16.6 Å². The second-order valence-electron chi connectivity index (χ2n) is 8.66. The summed E-state index contributed by atoms with van der Waals surface area (Å²) >= 11 is 0. The van der Waals surface area contributed by atoms with Gasteiger partial charge in [0.15, 0.2) is 0 Å². The maximum absolute atomic E-state index is 14.6. The molecule has 8 nitrogen and oxygen atoms in total. The van der Waals surface area contributed by atoms with Crippen molar-refractivity contribution in [3.8, 4) is 0 Å². The second kappa shape index (κ2) is 9.34. The van der Waals surface area contributed by atoms with Crippen LogP contribution in [0, 0.1) is 5.82 Å². The van der Waals surface area contributed by atoms with E-state index in [2.05, 4.69) is 10.2 Å². The molecular formula is C25H25FN4O4. The van der Waals surface area contributed by atoms with Crippen LogP contribution < -0.4 is 5.56 Å². The molecule has 3 heterocycles. The molecule has 0 aliphatic carbocycles. The predicted octanol–water partition coefficient (Wildman–Crippen LogP) is 2.12. The SMILES string of the molecule is O=C(c1cc(Cc2n[nH]c(=O)c3ccccc23)ccc1F)N1CCN(C(=O)C2CCCO2)CC1. The largest absolute Gasteiger partial charge is 0.368 e. The minimum absolute atomic E-state index is 0.00914. The lowest BCUT2D eigenvalue weighted by Gasteiger charge is -2.35. The van der Waals surface area contributed by atoms with Crippen LogP contribution in [0.5, 0.6) is 0 Å². The second-order valence-corrected chi connectivity index (χ2v) is 8.66. The highest BCUT2D eigenvalue weighted by Gasteiger charge is 2.32. The van der Waals surface area contributed by atoms with E-state index in [0.29, 0.717) is 55.9 Å². The van der Waals surface area contributed by atoms with Gasteiger partial charge in [0.1, 0.15) is 11.9 Å². The molecular weight excluding hydrogens is 439 g/mol. The Hall–Kier alpha value is -3.59. The fourth-order valence-electron chi connectivity index (χ4n) is 4.62. The van der Waals surface area contributed by atoms with Gasteiger partial charge in [-0.25, -0.2) is 9.49 Å². The number of halogens is 1. The molecule has 0 spiro atoms. The lowest BCUT2D eigenvalue weighted by Crippen LogP contribution is -2.52. The van der Waals surface area contributed by atoms with E-state index >= 15 is 0 Å². The number of amides is 2. The van der Waals surface area contributed by atoms with Crippen LogP contribution in [-0.2, 0) is 16.0 Å². The van der Waals surface area contributed by atoms with Crippen molar-refractivity contribution in [1.29, 1.82) is 0 Å². The average Bonchev–Trinajstić information content (AvgIpc) is 3.41. The normalized spacial score (nSPS) is 18.4. The van der Waals surface area contributed by atoms with Crippen molar-refractivity contribution in [3.63, 3.8) is 0 Å². The number of nitrogens with zero attached hydrogens (tertiary/aromatic N) is 3. The van der Waals surface area contributed by atoms with Gasteiger partial charge in [0.25, 0.3) is 17.4 Å². The van der Waals surface area contributed by atoms with Gasteiger partial charge in [-0.15, -0.1) is 0 Å². The number of nitrogens with one attached hydrogen (secondary N) is 1. The van der Waals surface area contributed by atoms with Crippen LogP contribution >= 0.6 is 0 Å². The zero-order chi connectivity index (χ0) is 23.7. The van der Waals surface area contributed by atoms with Crippen molar-refractivity contribution in [2.75, 3.05) is 32.8 Å². The average molecular weight is 464 g/mol. The summed E-state index contributed by atoms with van der Waals surface area (Å²) in [7, 11) is 0. The van der Waals surface area contributed by atoms with E-state index in [-0.39, 0.29) is 23.1 Å². The van der Waals surface area contributed by atoms with Crippen LogP contribution in [0.15, 0.2) is 47.3 Å². The molecule has 1 atom stereocenters. The Morgan fingerprint density at radius 1 is 1.06 bits per heavy atom. The fraction of sp³-hybridized carbons (Fsp3) is 0.360. The van der Waals surface area contributed by atoms with Crippen molar-refractivity contribution in [2.24, 2.45) is 0 Å². The van der Waals surface area contributed by atoms with E-state index in [4.69, 9.17) is 4.74 Å². The zero-order valence-electron chi connectivity index (χ0n) is 18.6. The number of carbonyl (C=O) groups is 2. The van der Waals surface area contributed by atoms with E-state index in [0.717, 1.165) is 18.2 Å². The topological polar surface area (TPSA) is 95.6 Å². The van der Waals surface area contributed by atoms with Crippen LogP contribution in [0.3, 0.4) is 0 Å². The maximum Gasteiger partial charge on any atom is 0.272 e. The number of hydrogen-bond donors (Lipinski definition) is 1. The summed E-state index contributed by atoms with van der Waals surface area (Å²) in [5.41, 5.74) is 1.07. The zero-order valence-corrected chi connectivity index (χ0v) is 18.6. The molecule has 0 radical (unpaired) electrons. The molecule has 176 valence electrons. The number of H-pyrrole nitrogens is 1. The molecule has 0 saturated carbocycles. The van der Waals surface area contributed by atoms with Gasteiger partial charge in [-0.1, -0.05) is 24.3 Å². The molecule has 1 aromatic heterocycles. The highest BCUT2D eigenvalue weighted by molar-refractivity contribution is 5.95. The molecule has 2 aromatic carbocycles. The summed E-state index contributed by atoms with van der Waals surface area (Å²) < 4.78 is 20.1. The Balaban J connectivity index is 1.31. The fourth-order valence-corrected chi connectivity index (χ4v) is 4.62. The van der Waals surface area contributed by atoms with Crippen molar-refractivity contribution in [1.82, 2.24) is 20.0 Å². The molecule has 1 N–H and O–H groups in total. The summed E-state index contributed by atoms with van der Waals surface area (Å²) in [5, 5.41) is 7.92. The number of aromatic nitrogens is 2. The van der Waals surface area contributed by atoms with Gasteiger partial charge >= 0.3 is 0 Å². The van der Waals surface area contributed by atoms with Crippen molar-refractivity contribution < 1.29 is 18.7 Å². The Morgan fingerprint density at radius 3 is 2.53 bits per heavy atom. The molecule has 2 aliphatic heterocycles. The molecule has 34 heavy (non-hydrogen) atoms. The quantitative estimate of drug-likeness (QED) is 0.638. The van der Waals surface area contributed by atoms with Gasteiger partial charge in [-0.3, -0.25) is 14.4 Å². The Labute approximate surface area is 195 Å². The van der Waals surface area contributed by atoms with E-state index in [1.165, 1.54) is 6.07 Å². The van der Waals surface area contributed by atoms with Crippen LogP contribution in [0.4, 0.5) is 4.39 Å². The third-order valence-corrected chi connectivity index (χ3v) is 6.49. The van der Waals surface area contributed by atoms with Crippen LogP contribution in [-0.4, -0.2) is 70.7 Å². The monoisotopic (exact) mass is 464 g/mol. The number of piperazine rings is 1. The summed E-state index contributed by atoms with van der Waals surface area (Å²) in [6.07, 6.45) is 1.57. The first-order chi connectivity index (χ1) is 16.5. The van der Waals surface area contributed by atoms with Crippen molar-refractivity contribution in [2.45, 2.75) is 25.4 Å². The van der Waals surface area contributed by atoms with Gasteiger partial charge in [-0.2, -0.15) is 5.10 Å². The van der Waals surface area contributed by atoms with Crippen molar-refractivity contribution in [3.05, 3.63) is 75.5 Å². The van der Waals surface area contributed by atoms with Crippen LogP contribution in [0.2, 0.25) is 0 Å². The molecule has 1 unspecified atom stereocenters. The Bertz CT molecular complexity index is 1290. The highest BCUT2D eigenvalue weighted by atomic mass is 19.1. The molecule has 2 saturated heterocycles. The van der Waals surface area contributed by atoms with Gasteiger partial charge in [-0.05, 0) is 36.6 Å². The summed E-state index contributed by atoms with van der Waals surface area (Å²) in [5.74, 6) is -1.02. The first-order valence-electron chi connectivity index (χ1n) is 11.5. The molecule has 2 fully saturated rings. The molecule has 2 amide bonds. The van der Waals surface area contributed by atoms with Gasteiger partial charge in [0, 0.05) is 44.6 Å². The number of benzene rings is 2. The number of rotatable bonds is 4. The smallest absolute Gasteiger partial charge is 0.272 e. The third kappa shape index (κ3) is 4.31. The molecule has 9 heteroatoms. The lowest BCUT2D eigenvalue weighted by molar-refractivity contribution is -0.142.